The molecular weight excluding hydrogens is 418 g/mol. The first-order valence-corrected chi connectivity index (χ1v) is 11.5. The van der Waals surface area contributed by atoms with Gasteiger partial charge in [-0.3, -0.25) is 14.2 Å². The molecule has 1 amide bonds. The van der Waals surface area contributed by atoms with Crippen LogP contribution in [0.2, 0.25) is 5.02 Å². The van der Waals surface area contributed by atoms with E-state index in [1.54, 1.807) is 28.8 Å². The second-order valence-corrected chi connectivity index (χ2v) is 9.10. The first-order chi connectivity index (χ1) is 13.6. The molecule has 0 bridgehead atoms. The summed E-state index contributed by atoms with van der Waals surface area (Å²) in [5.74, 6) is 0.958. The molecule has 148 valence electrons. The summed E-state index contributed by atoms with van der Waals surface area (Å²) in [6.45, 7) is 1.29. The van der Waals surface area contributed by atoms with E-state index in [1.165, 1.54) is 23.5 Å². The molecule has 4 rings (SSSR count). The number of aryl methyl sites for hydroxylation is 1. The lowest BCUT2D eigenvalue weighted by Crippen LogP contribution is -2.33. The van der Waals surface area contributed by atoms with E-state index in [4.69, 9.17) is 16.3 Å². The van der Waals surface area contributed by atoms with E-state index in [9.17, 15) is 9.59 Å². The van der Waals surface area contributed by atoms with Crippen LogP contribution in [-0.4, -0.2) is 46.2 Å². The van der Waals surface area contributed by atoms with Gasteiger partial charge < -0.3 is 10.1 Å². The molecule has 2 aliphatic heterocycles. The highest BCUT2D eigenvalue weighted by molar-refractivity contribution is 8.00. The minimum Gasteiger partial charge on any atom is -0.376 e. The zero-order chi connectivity index (χ0) is 19.5. The molecule has 28 heavy (non-hydrogen) atoms. The molecule has 6 nitrogen and oxygen atoms in total. The second-order valence-electron chi connectivity index (χ2n) is 6.61. The number of hydrogen-bond acceptors (Lipinski definition) is 6. The highest BCUT2D eigenvalue weighted by atomic mass is 35.5. The number of carbonyl (C=O) groups excluding carboxylic acids is 1. The van der Waals surface area contributed by atoms with Crippen molar-refractivity contribution in [3.8, 4) is 5.69 Å². The van der Waals surface area contributed by atoms with E-state index in [2.05, 4.69) is 10.3 Å². The number of amides is 1. The third-order valence-electron chi connectivity index (χ3n) is 4.63. The highest BCUT2D eigenvalue weighted by Crippen LogP contribution is 2.30. The molecule has 1 aromatic carbocycles. The molecule has 2 aromatic rings. The Morgan fingerprint density at radius 2 is 2.21 bits per heavy atom. The van der Waals surface area contributed by atoms with Crippen LogP contribution in [0, 0.1) is 0 Å². The molecule has 0 aliphatic carbocycles. The van der Waals surface area contributed by atoms with Crippen molar-refractivity contribution in [2.75, 3.05) is 24.7 Å². The Morgan fingerprint density at radius 3 is 2.96 bits per heavy atom. The van der Waals surface area contributed by atoms with Gasteiger partial charge in [0.05, 0.1) is 28.1 Å². The van der Waals surface area contributed by atoms with Crippen LogP contribution in [0.25, 0.3) is 5.69 Å². The molecule has 1 aromatic heterocycles. The van der Waals surface area contributed by atoms with Crippen molar-refractivity contribution in [3.05, 3.63) is 45.3 Å². The molecular formula is C19H20ClN3O3S2. The zero-order valence-electron chi connectivity index (χ0n) is 15.2. The van der Waals surface area contributed by atoms with E-state index >= 15 is 0 Å². The molecule has 3 heterocycles. The average Bonchev–Trinajstić information content (AvgIpc) is 3.37. The minimum atomic E-state index is -0.0905. The number of benzene rings is 1. The fraction of sp³-hybridized carbons (Fsp3) is 0.421. The summed E-state index contributed by atoms with van der Waals surface area (Å²) in [5.41, 5.74) is 1.43. The van der Waals surface area contributed by atoms with E-state index in [-0.39, 0.29) is 23.3 Å². The number of nitrogens with zero attached hydrogens (tertiary/aromatic N) is 2. The predicted octanol–water partition coefficient (Wildman–Crippen LogP) is 2.92. The second kappa shape index (κ2) is 8.90. The van der Waals surface area contributed by atoms with Gasteiger partial charge in [0.2, 0.25) is 5.91 Å². The molecule has 0 spiro atoms. The molecule has 0 saturated carbocycles. The number of halogens is 1. The Kier molecular flexibility index (Phi) is 6.30. The van der Waals surface area contributed by atoms with Crippen molar-refractivity contribution in [1.29, 1.82) is 0 Å². The SMILES string of the molecule is O=C(CSc1nc2c(c(=O)n1-c1ccc(Cl)cc1)SCC2)NC[C@@H]1CCCO1. The normalized spacial score (nSPS) is 18.2. The van der Waals surface area contributed by atoms with Gasteiger partial charge in [-0.1, -0.05) is 23.4 Å². The first kappa shape index (κ1) is 19.8. The van der Waals surface area contributed by atoms with Crippen molar-refractivity contribution in [2.24, 2.45) is 0 Å². The fourth-order valence-corrected chi connectivity index (χ4v) is 5.23. The lowest BCUT2D eigenvalue weighted by atomic mass is 10.2. The molecule has 1 saturated heterocycles. The van der Waals surface area contributed by atoms with E-state index < -0.39 is 0 Å². The van der Waals surface area contributed by atoms with Crippen molar-refractivity contribution in [1.82, 2.24) is 14.9 Å². The maximum atomic E-state index is 13.1. The summed E-state index contributed by atoms with van der Waals surface area (Å²) >= 11 is 8.80. The largest absolute Gasteiger partial charge is 0.376 e. The van der Waals surface area contributed by atoms with Crippen LogP contribution in [0.4, 0.5) is 0 Å². The fourth-order valence-electron chi connectivity index (χ4n) is 3.22. The van der Waals surface area contributed by atoms with E-state index in [0.717, 1.165) is 37.3 Å². The first-order valence-electron chi connectivity index (χ1n) is 9.17. The average molecular weight is 438 g/mol. The number of thioether (sulfide) groups is 2. The third-order valence-corrected chi connectivity index (χ3v) is 6.93. The van der Waals surface area contributed by atoms with Crippen LogP contribution >= 0.6 is 35.1 Å². The summed E-state index contributed by atoms with van der Waals surface area (Å²) in [7, 11) is 0. The number of hydrogen-bond donors (Lipinski definition) is 1. The van der Waals surface area contributed by atoms with Gasteiger partial charge in [-0.25, -0.2) is 4.98 Å². The van der Waals surface area contributed by atoms with Crippen LogP contribution in [-0.2, 0) is 16.0 Å². The van der Waals surface area contributed by atoms with Crippen LogP contribution in [0.15, 0.2) is 39.1 Å². The summed E-state index contributed by atoms with van der Waals surface area (Å²) in [6, 6.07) is 7.07. The van der Waals surface area contributed by atoms with Gasteiger partial charge in [0.1, 0.15) is 0 Å². The topological polar surface area (TPSA) is 73.2 Å². The summed E-state index contributed by atoms with van der Waals surface area (Å²) in [5, 5.41) is 4.04. The van der Waals surface area contributed by atoms with Crippen LogP contribution in [0.5, 0.6) is 0 Å². The Morgan fingerprint density at radius 1 is 1.39 bits per heavy atom. The number of ether oxygens (including phenoxy) is 1. The van der Waals surface area contributed by atoms with Gasteiger partial charge in [0, 0.05) is 30.3 Å². The summed E-state index contributed by atoms with van der Waals surface area (Å²) < 4.78 is 7.10. The van der Waals surface area contributed by atoms with Crippen molar-refractivity contribution in [3.63, 3.8) is 0 Å². The summed E-state index contributed by atoms with van der Waals surface area (Å²) in [6.07, 6.45) is 2.90. The van der Waals surface area contributed by atoms with Gasteiger partial charge in [0.25, 0.3) is 5.56 Å². The minimum absolute atomic E-state index is 0.0860. The third kappa shape index (κ3) is 4.40. The molecule has 0 radical (unpaired) electrons. The quantitative estimate of drug-likeness (QED) is 0.553. The summed E-state index contributed by atoms with van der Waals surface area (Å²) in [4.78, 5) is 30.7. The maximum absolute atomic E-state index is 13.1. The number of carbonyl (C=O) groups is 1. The zero-order valence-corrected chi connectivity index (χ0v) is 17.5. The van der Waals surface area contributed by atoms with Gasteiger partial charge >= 0.3 is 0 Å². The molecule has 2 aliphatic rings. The Hall–Kier alpha value is -1.48. The Balaban J connectivity index is 1.53. The number of fused-ring (bicyclic) bond motifs is 1. The Labute approximate surface area is 176 Å². The van der Waals surface area contributed by atoms with Crippen LogP contribution in [0.1, 0.15) is 18.5 Å². The molecule has 0 unspecified atom stereocenters. The molecule has 1 N–H and O–H groups in total. The molecule has 9 heteroatoms. The van der Waals surface area contributed by atoms with Gasteiger partial charge in [0.15, 0.2) is 5.16 Å². The maximum Gasteiger partial charge on any atom is 0.272 e. The van der Waals surface area contributed by atoms with E-state index in [0.29, 0.717) is 27.3 Å². The Bertz CT molecular complexity index is 927. The smallest absolute Gasteiger partial charge is 0.272 e. The van der Waals surface area contributed by atoms with Gasteiger partial charge in [-0.2, -0.15) is 0 Å². The van der Waals surface area contributed by atoms with Gasteiger partial charge in [-0.15, -0.1) is 11.8 Å². The monoisotopic (exact) mass is 437 g/mol. The van der Waals surface area contributed by atoms with Gasteiger partial charge in [-0.05, 0) is 37.1 Å². The molecule has 1 fully saturated rings. The van der Waals surface area contributed by atoms with Crippen LogP contribution < -0.4 is 10.9 Å². The lowest BCUT2D eigenvalue weighted by molar-refractivity contribution is -0.119. The van der Waals surface area contributed by atoms with Crippen LogP contribution in [0.3, 0.4) is 0 Å². The van der Waals surface area contributed by atoms with Crippen molar-refractivity contribution >= 4 is 41.0 Å². The number of aromatic nitrogens is 2. The standard InChI is InChI=1S/C19H20ClN3O3S2/c20-12-3-5-13(6-4-12)23-18(25)17-15(7-9-27-17)22-19(23)28-11-16(24)21-10-14-2-1-8-26-14/h3-6,14H,1-2,7-11H2,(H,21,24)/t14-/m0/s1. The number of nitrogens with one attached hydrogen (secondary N) is 1. The van der Waals surface area contributed by atoms with Crippen molar-refractivity contribution < 1.29 is 9.53 Å². The lowest BCUT2D eigenvalue weighted by Gasteiger charge is -2.14. The number of rotatable bonds is 6. The van der Waals surface area contributed by atoms with E-state index in [1.807, 2.05) is 0 Å². The predicted molar refractivity (Wildman–Crippen MR) is 112 cm³/mol. The molecule has 1 atom stereocenters. The highest BCUT2D eigenvalue weighted by Gasteiger charge is 2.23. The van der Waals surface area contributed by atoms with Crippen molar-refractivity contribution in [2.45, 2.75) is 35.4 Å².